The monoisotopic (exact) mass is 926 g/mol. The molecular weight excluding hydrogens is 861 g/mol. The Morgan fingerprint density at radius 2 is 1.22 bits per heavy atom. The second-order valence-electron chi connectivity index (χ2n) is 21.2. The van der Waals surface area contributed by atoms with Crippen LogP contribution in [0.5, 0.6) is 11.5 Å². The minimum atomic E-state index is -1.12. The molecule has 67 heavy (non-hydrogen) atoms. The van der Waals surface area contributed by atoms with Crippen molar-refractivity contribution in [3.05, 3.63) is 84.0 Å². The van der Waals surface area contributed by atoms with E-state index < -0.39 is 64.7 Å². The summed E-state index contributed by atoms with van der Waals surface area (Å²) >= 11 is 0. The summed E-state index contributed by atoms with van der Waals surface area (Å²) in [7, 11) is 0. The highest BCUT2D eigenvalue weighted by Crippen LogP contribution is 2.54. The quantitative estimate of drug-likeness (QED) is 0.0860. The summed E-state index contributed by atoms with van der Waals surface area (Å²) in [6.07, 6.45) is 6.94. The number of fused-ring (bicyclic) bond motifs is 10. The van der Waals surface area contributed by atoms with Crippen LogP contribution in [-0.2, 0) is 48.3 Å². The molecule has 5 fully saturated rings. The van der Waals surface area contributed by atoms with E-state index in [9.17, 15) is 29.4 Å². The second kappa shape index (κ2) is 18.4. The lowest BCUT2D eigenvalue weighted by atomic mass is 9.77. The minimum absolute atomic E-state index is 0.00868. The van der Waals surface area contributed by atoms with E-state index in [1.54, 1.807) is 0 Å². The Kier molecular flexibility index (Phi) is 13.1. The van der Waals surface area contributed by atoms with Gasteiger partial charge in [0.2, 0.25) is 23.6 Å². The fourth-order valence-electron chi connectivity index (χ4n) is 11.2. The normalized spacial score (nSPS) is 31.6. The number of aliphatic hydroxyl groups excluding tert-OH is 2. The van der Waals surface area contributed by atoms with Crippen molar-refractivity contribution in [1.29, 1.82) is 0 Å². The van der Waals surface area contributed by atoms with Gasteiger partial charge in [0, 0.05) is 18.5 Å². The first kappa shape index (κ1) is 47.6. The molecule has 5 saturated heterocycles. The molecular formula is C52H66N2O13. The lowest BCUT2D eigenvalue weighted by Crippen LogP contribution is -2.46. The number of hydrogen-bond acceptors (Lipinski definition) is 13. The highest BCUT2D eigenvalue weighted by Gasteiger charge is 2.69. The van der Waals surface area contributed by atoms with E-state index in [1.807, 2.05) is 93.6 Å². The van der Waals surface area contributed by atoms with Gasteiger partial charge < -0.3 is 43.4 Å². The van der Waals surface area contributed by atoms with Crippen LogP contribution in [0.15, 0.2) is 72.8 Å². The molecule has 12 unspecified atom stereocenters. The van der Waals surface area contributed by atoms with Crippen molar-refractivity contribution >= 4 is 23.6 Å². The molecule has 7 aliphatic rings. The average molecular weight is 927 g/mol. The van der Waals surface area contributed by atoms with Crippen LogP contribution in [0.2, 0.25) is 0 Å². The molecule has 4 amide bonds. The van der Waals surface area contributed by atoms with Crippen LogP contribution >= 0.6 is 0 Å². The molecule has 7 heterocycles. The summed E-state index contributed by atoms with van der Waals surface area (Å²) in [4.78, 5) is 58.2. The summed E-state index contributed by atoms with van der Waals surface area (Å²) in [5.74, 6) is -2.11. The SMILES string of the molecule is CCC(O)COc1ccc(C(C)(C)c2ccc(OCC(O)COCC34C=CC(O3)C3C(=O)N(CC(C)(C)CC(C)CCN5C(=O)C6C7C=CC(COCC8CO8)(O7)C6C5=O)C(=O)C34)cc2)cc1. The Balaban J connectivity index is 0.724. The number of amides is 4. The van der Waals surface area contributed by atoms with E-state index in [2.05, 4.69) is 20.8 Å². The number of benzene rings is 2. The van der Waals surface area contributed by atoms with E-state index in [-0.39, 0.29) is 87.2 Å². The van der Waals surface area contributed by atoms with Crippen molar-refractivity contribution in [3.8, 4) is 11.5 Å². The van der Waals surface area contributed by atoms with E-state index in [4.69, 9.17) is 33.2 Å². The molecule has 0 aliphatic carbocycles. The first-order chi connectivity index (χ1) is 31.9. The molecule has 362 valence electrons. The zero-order valence-electron chi connectivity index (χ0n) is 39.5. The fraction of sp³-hybridized carbons (Fsp3) is 0.615. The van der Waals surface area contributed by atoms with Crippen LogP contribution in [0.1, 0.15) is 71.9 Å². The maximum absolute atomic E-state index is 14.1. The first-order valence-electron chi connectivity index (χ1n) is 24.0. The predicted octanol–water partition coefficient (Wildman–Crippen LogP) is 4.39. The Labute approximate surface area is 392 Å². The summed E-state index contributed by atoms with van der Waals surface area (Å²) in [5, 5.41) is 20.7. The number of epoxide rings is 1. The third-order valence-corrected chi connectivity index (χ3v) is 15.0. The van der Waals surface area contributed by atoms with Crippen molar-refractivity contribution in [2.75, 3.05) is 59.3 Å². The lowest BCUT2D eigenvalue weighted by Gasteiger charge is -2.34. The highest BCUT2D eigenvalue weighted by molar-refractivity contribution is 6.08. The number of ether oxygens (including phenoxy) is 7. The van der Waals surface area contributed by atoms with E-state index >= 15 is 0 Å². The predicted molar refractivity (Wildman–Crippen MR) is 243 cm³/mol. The van der Waals surface area contributed by atoms with Crippen LogP contribution in [0.3, 0.4) is 0 Å². The Morgan fingerprint density at radius 1 is 0.716 bits per heavy atom. The number of likely N-dealkylation sites (tertiary alicyclic amines) is 2. The van der Waals surface area contributed by atoms with Gasteiger partial charge in [-0.3, -0.25) is 29.0 Å². The molecule has 0 aromatic heterocycles. The topological polar surface area (TPSA) is 183 Å². The highest BCUT2D eigenvalue weighted by atomic mass is 16.6. The molecule has 0 spiro atoms. The molecule has 12 atom stereocenters. The maximum atomic E-state index is 14.1. The standard InChI is InChI=1S/C52H66N2O13/c1-7-34(55)24-63-36-12-8-32(9-13-36)50(5,6)33-10-14-37(15-11-33)64-25-35(56)23-61-29-51-19-17-40(67-51)42-44(51)48(60)54(46(42)58)28-49(3,4)22-31(2)18-21-53-45(57)41-39-16-20-52(66-39,43(41)47(53)59)30-62-26-38-27-65-38/h8-17,19-20,31,34-35,38-44,55-56H,7,18,21-30H2,1-6H3. The Bertz CT molecular complexity index is 2240. The molecule has 4 bridgehead atoms. The lowest BCUT2D eigenvalue weighted by molar-refractivity contribution is -0.149. The van der Waals surface area contributed by atoms with Crippen molar-refractivity contribution in [1.82, 2.24) is 9.80 Å². The van der Waals surface area contributed by atoms with Crippen LogP contribution in [0.25, 0.3) is 0 Å². The molecule has 0 saturated carbocycles. The molecule has 9 rings (SSSR count). The number of rotatable bonds is 24. The summed E-state index contributed by atoms with van der Waals surface area (Å²) in [6, 6.07) is 15.6. The molecule has 2 aromatic rings. The number of aliphatic hydroxyl groups is 2. The van der Waals surface area contributed by atoms with Gasteiger partial charge in [-0.15, -0.1) is 0 Å². The van der Waals surface area contributed by atoms with Gasteiger partial charge in [-0.05, 0) is 66.0 Å². The Hall–Kier alpha value is -4.48. The number of hydrogen-bond donors (Lipinski definition) is 2. The fourth-order valence-corrected chi connectivity index (χ4v) is 11.2. The van der Waals surface area contributed by atoms with Crippen LogP contribution in [-0.4, -0.2) is 145 Å². The zero-order valence-corrected chi connectivity index (χ0v) is 39.5. The third kappa shape index (κ3) is 9.25. The minimum Gasteiger partial charge on any atom is -0.491 e. The molecule has 2 aromatic carbocycles. The zero-order chi connectivity index (χ0) is 47.5. The number of carbonyl (C=O) groups is 4. The van der Waals surface area contributed by atoms with Crippen LogP contribution in [0, 0.1) is 35.0 Å². The van der Waals surface area contributed by atoms with Crippen LogP contribution < -0.4 is 9.47 Å². The van der Waals surface area contributed by atoms with Gasteiger partial charge in [0.05, 0.1) is 75.0 Å². The van der Waals surface area contributed by atoms with Gasteiger partial charge in [-0.25, -0.2) is 0 Å². The largest absolute Gasteiger partial charge is 0.491 e. The Morgan fingerprint density at radius 3 is 1.76 bits per heavy atom. The van der Waals surface area contributed by atoms with Gasteiger partial charge in [-0.1, -0.05) is 90.1 Å². The summed E-state index contributed by atoms with van der Waals surface area (Å²) in [6.45, 7) is 14.3. The molecule has 15 nitrogen and oxygen atoms in total. The second-order valence-corrected chi connectivity index (χ2v) is 21.2. The van der Waals surface area contributed by atoms with Crippen molar-refractivity contribution in [2.24, 2.45) is 35.0 Å². The number of carbonyl (C=O) groups excluding carboxylic acids is 4. The van der Waals surface area contributed by atoms with Gasteiger partial charge >= 0.3 is 0 Å². The van der Waals surface area contributed by atoms with E-state index in [0.717, 1.165) is 11.1 Å². The van der Waals surface area contributed by atoms with Gasteiger partial charge in [0.15, 0.2) is 0 Å². The van der Waals surface area contributed by atoms with Gasteiger partial charge in [0.25, 0.3) is 0 Å². The van der Waals surface area contributed by atoms with Gasteiger partial charge in [-0.2, -0.15) is 0 Å². The van der Waals surface area contributed by atoms with Crippen LogP contribution in [0.4, 0.5) is 0 Å². The summed E-state index contributed by atoms with van der Waals surface area (Å²) < 4.78 is 41.2. The van der Waals surface area contributed by atoms with E-state index in [1.165, 1.54) is 9.80 Å². The van der Waals surface area contributed by atoms with Crippen molar-refractivity contribution in [2.45, 2.75) is 108 Å². The molecule has 7 aliphatic heterocycles. The first-order valence-corrected chi connectivity index (χ1v) is 24.0. The van der Waals surface area contributed by atoms with Gasteiger partial charge in [0.1, 0.15) is 48.1 Å². The number of nitrogens with zero attached hydrogens (tertiary/aromatic N) is 2. The smallest absolute Gasteiger partial charge is 0.236 e. The molecule has 15 heteroatoms. The van der Waals surface area contributed by atoms with Crippen molar-refractivity contribution < 1.29 is 62.5 Å². The molecule has 2 N–H and O–H groups in total. The van der Waals surface area contributed by atoms with Crippen molar-refractivity contribution in [3.63, 3.8) is 0 Å². The summed E-state index contributed by atoms with van der Waals surface area (Å²) in [5.41, 5.74) is -0.632. The third-order valence-electron chi connectivity index (χ3n) is 15.0. The number of imide groups is 2. The van der Waals surface area contributed by atoms with E-state index in [0.29, 0.717) is 44.0 Å². The molecule has 0 radical (unpaired) electrons. The average Bonchev–Trinajstić information content (AvgIpc) is 3.60. The maximum Gasteiger partial charge on any atom is 0.236 e.